The Bertz CT molecular complexity index is 445. The zero-order valence-corrected chi connectivity index (χ0v) is 9.59. The fourth-order valence-corrected chi connectivity index (χ4v) is 2.80. The van der Waals surface area contributed by atoms with E-state index in [0.717, 1.165) is 11.6 Å². The Balaban J connectivity index is 1.99. The minimum absolute atomic E-state index is 0.369. The van der Waals surface area contributed by atoms with Crippen LogP contribution >= 0.6 is 11.9 Å². The molecule has 0 spiro atoms. The lowest BCUT2D eigenvalue weighted by Crippen LogP contribution is -2.36. The van der Waals surface area contributed by atoms with Gasteiger partial charge in [0, 0.05) is 16.5 Å². The first kappa shape index (κ1) is 9.99. The number of benzene rings is 1. The summed E-state index contributed by atoms with van der Waals surface area (Å²) >= 11 is 1.57. The summed E-state index contributed by atoms with van der Waals surface area (Å²) in [5, 5.41) is 0. The van der Waals surface area contributed by atoms with E-state index in [0.29, 0.717) is 11.6 Å². The van der Waals surface area contributed by atoms with Crippen molar-refractivity contribution in [1.29, 1.82) is 0 Å². The molecule has 1 aromatic carbocycles. The van der Waals surface area contributed by atoms with E-state index in [-0.39, 0.29) is 5.91 Å². The van der Waals surface area contributed by atoms with Crippen molar-refractivity contribution in [2.45, 2.75) is 23.8 Å². The van der Waals surface area contributed by atoms with Gasteiger partial charge in [-0.3, -0.25) is 4.79 Å². The van der Waals surface area contributed by atoms with Gasteiger partial charge in [-0.25, -0.2) is 4.72 Å². The number of amides is 1. The quantitative estimate of drug-likeness (QED) is 0.759. The number of hydrogen-bond donors (Lipinski definition) is 2. The zero-order chi connectivity index (χ0) is 11.1. The van der Waals surface area contributed by atoms with E-state index in [1.54, 1.807) is 11.9 Å². The Kier molecular flexibility index (Phi) is 2.29. The summed E-state index contributed by atoms with van der Waals surface area (Å²) in [5.41, 5.74) is 7.06. The van der Waals surface area contributed by atoms with E-state index in [9.17, 15) is 4.79 Å². The SMILES string of the molecule is NC(=O)c1ccc2c(c1)SNCN2C1CC1. The lowest BCUT2D eigenvalue weighted by Gasteiger charge is -2.31. The van der Waals surface area contributed by atoms with Crippen LogP contribution in [0, 0.1) is 0 Å². The van der Waals surface area contributed by atoms with Crippen molar-refractivity contribution in [1.82, 2.24) is 4.72 Å². The van der Waals surface area contributed by atoms with Crippen LogP contribution in [0.25, 0.3) is 0 Å². The van der Waals surface area contributed by atoms with Gasteiger partial charge in [0.25, 0.3) is 0 Å². The number of anilines is 1. The highest BCUT2D eigenvalue weighted by Gasteiger charge is 2.32. The third-order valence-corrected chi connectivity index (χ3v) is 3.78. The van der Waals surface area contributed by atoms with Gasteiger partial charge in [0.05, 0.1) is 12.4 Å². The predicted octanol–water partition coefficient (Wildman–Crippen LogP) is 1.32. The van der Waals surface area contributed by atoms with E-state index in [4.69, 9.17) is 5.73 Å². The van der Waals surface area contributed by atoms with Gasteiger partial charge in [-0.1, -0.05) is 0 Å². The Morgan fingerprint density at radius 1 is 1.50 bits per heavy atom. The lowest BCUT2D eigenvalue weighted by atomic mass is 10.2. The first-order valence-corrected chi connectivity index (χ1v) is 6.17. The minimum Gasteiger partial charge on any atom is -0.366 e. The topological polar surface area (TPSA) is 58.4 Å². The number of rotatable bonds is 2. The molecular weight excluding hydrogens is 222 g/mol. The third kappa shape index (κ3) is 1.66. The molecule has 0 atom stereocenters. The highest BCUT2D eigenvalue weighted by molar-refractivity contribution is 7.97. The number of primary amides is 1. The molecule has 0 bridgehead atoms. The molecule has 0 radical (unpaired) electrons. The van der Waals surface area contributed by atoms with Crippen molar-refractivity contribution in [3.05, 3.63) is 23.8 Å². The molecule has 2 aliphatic rings. The minimum atomic E-state index is -0.369. The first-order chi connectivity index (χ1) is 7.75. The van der Waals surface area contributed by atoms with Crippen LogP contribution in [0.2, 0.25) is 0 Å². The van der Waals surface area contributed by atoms with Crippen LogP contribution in [0.1, 0.15) is 23.2 Å². The monoisotopic (exact) mass is 235 g/mol. The Morgan fingerprint density at radius 2 is 2.31 bits per heavy atom. The molecule has 0 saturated heterocycles. The Labute approximate surface area is 98.3 Å². The van der Waals surface area contributed by atoms with Crippen molar-refractivity contribution in [2.24, 2.45) is 5.73 Å². The fourth-order valence-electron chi connectivity index (χ4n) is 1.96. The Morgan fingerprint density at radius 3 is 3.00 bits per heavy atom. The molecule has 3 rings (SSSR count). The van der Waals surface area contributed by atoms with Gasteiger partial charge in [-0.05, 0) is 43.0 Å². The second kappa shape index (κ2) is 3.68. The molecule has 1 fully saturated rings. The maximum absolute atomic E-state index is 11.1. The summed E-state index contributed by atoms with van der Waals surface area (Å²) in [6, 6.07) is 6.35. The molecule has 1 heterocycles. The number of fused-ring (bicyclic) bond motifs is 1. The molecule has 16 heavy (non-hydrogen) atoms. The number of hydrogen-bond acceptors (Lipinski definition) is 4. The van der Waals surface area contributed by atoms with E-state index in [1.165, 1.54) is 18.5 Å². The fraction of sp³-hybridized carbons (Fsp3) is 0.364. The molecule has 1 amide bonds. The van der Waals surface area contributed by atoms with E-state index >= 15 is 0 Å². The van der Waals surface area contributed by atoms with E-state index in [1.807, 2.05) is 18.2 Å². The highest BCUT2D eigenvalue weighted by Crippen LogP contribution is 2.39. The van der Waals surface area contributed by atoms with Crippen LogP contribution in [0.15, 0.2) is 23.1 Å². The molecule has 0 unspecified atom stereocenters. The van der Waals surface area contributed by atoms with Crippen molar-refractivity contribution >= 4 is 23.5 Å². The standard InChI is InChI=1S/C11H13N3OS/c12-11(15)7-1-4-9-10(5-7)16-13-6-14(9)8-2-3-8/h1,4-5,8,13H,2-3,6H2,(H2,12,15). The molecule has 1 aliphatic carbocycles. The van der Waals surface area contributed by atoms with E-state index < -0.39 is 0 Å². The maximum atomic E-state index is 11.1. The van der Waals surface area contributed by atoms with Crippen LogP contribution in [0.5, 0.6) is 0 Å². The lowest BCUT2D eigenvalue weighted by molar-refractivity contribution is 0.1000. The molecule has 0 aromatic heterocycles. The first-order valence-electron chi connectivity index (χ1n) is 5.36. The maximum Gasteiger partial charge on any atom is 0.248 e. The number of nitrogens with two attached hydrogens (primary N) is 1. The summed E-state index contributed by atoms with van der Waals surface area (Å²) in [7, 11) is 0. The van der Waals surface area contributed by atoms with Gasteiger partial charge in [0.15, 0.2) is 0 Å². The second-order valence-electron chi connectivity index (χ2n) is 4.15. The van der Waals surface area contributed by atoms with E-state index in [2.05, 4.69) is 9.62 Å². The molecule has 1 aliphatic heterocycles. The summed E-state index contributed by atoms with van der Waals surface area (Å²) in [6.45, 7) is 0.873. The van der Waals surface area contributed by atoms with Crippen LogP contribution < -0.4 is 15.4 Å². The van der Waals surface area contributed by atoms with Crippen LogP contribution in [0.4, 0.5) is 5.69 Å². The average molecular weight is 235 g/mol. The molecule has 4 nitrogen and oxygen atoms in total. The van der Waals surface area contributed by atoms with Crippen molar-refractivity contribution < 1.29 is 4.79 Å². The molecule has 5 heteroatoms. The largest absolute Gasteiger partial charge is 0.366 e. The number of carbonyl (C=O) groups is 1. The average Bonchev–Trinajstić information content (AvgIpc) is 3.11. The highest BCUT2D eigenvalue weighted by atomic mass is 32.2. The second-order valence-corrected chi connectivity index (χ2v) is 5.08. The normalized spacial score (nSPS) is 19.4. The molecular formula is C11H13N3OS. The molecule has 3 N–H and O–H groups in total. The number of nitrogens with one attached hydrogen (secondary N) is 1. The van der Waals surface area contributed by atoms with Gasteiger partial charge in [0.2, 0.25) is 5.91 Å². The summed E-state index contributed by atoms with van der Waals surface area (Å²) in [6.07, 6.45) is 2.53. The van der Waals surface area contributed by atoms with Crippen molar-refractivity contribution in [3.63, 3.8) is 0 Å². The van der Waals surface area contributed by atoms with Gasteiger partial charge in [-0.15, -0.1) is 0 Å². The van der Waals surface area contributed by atoms with Crippen LogP contribution in [0.3, 0.4) is 0 Å². The summed E-state index contributed by atoms with van der Waals surface area (Å²) < 4.78 is 3.27. The zero-order valence-electron chi connectivity index (χ0n) is 8.77. The molecule has 1 aromatic rings. The predicted molar refractivity (Wildman–Crippen MR) is 64.3 cm³/mol. The van der Waals surface area contributed by atoms with Crippen LogP contribution in [-0.4, -0.2) is 18.6 Å². The third-order valence-electron chi connectivity index (χ3n) is 2.96. The molecule has 84 valence electrons. The number of nitrogens with zero attached hydrogens (tertiary/aromatic N) is 1. The smallest absolute Gasteiger partial charge is 0.248 e. The Hall–Kier alpha value is -1.20. The summed E-state index contributed by atoms with van der Waals surface area (Å²) in [5.74, 6) is -0.369. The van der Waals surface area contributed by atoms with Gasteiger partial charge in [0.1, 0.15) is 0 Å². The number of carbonyl (C=O) groups excluding carboxylic acids is 1. The van der Waals surface area contributed by atoms with Gasteiger partial charge < -0.3 is 10.6 Å². The molecule has 1 saturated carbocycles. The van der Waals surface area contributed by atoms with Crippen molar-refractivity contribution in [2.75, 3.05) is 11.6 Å². The summed E-state index contributed by atoms with van der Waals surface area (Å²) in [4.78, 5) is 14.5. The van der Waals surface area contributed by atoms with Crippen molar-refractivity contribution in [3.8, 4) is 0 Å². The van der Waals surface area contributed by atoms with Gasteiger partial charge >= 0.3 is 0 Å². The van der Waals surface area contributed by atoms with Crippen LogP contribution in [-0.2, 0) is 0 Å². The van der Waals surface area contributed by atoms with Gasteiger partial charge in [-0.2, -0.15) is 0 Å².